The fraction of sp³-hybridized carbons (Fsp3) is 0.258. The second-order valence-electron chi connectivity index (χ2n) is 10.8. The molecule has 0 radical (unpaired) electrons. The van der Waals surface area contributed by atoms with Crippen LogP contribution in [0.25, 0.3) is 31.4 Å². The molecule has 0 atom stereocenters. The van der Waals surface area contributed by atoms with Crippen LogP contribution >= 0.6 is 22.7 Å². The molecule has 0 saturated carbocycles. The number of thiophene rings is 2. The third kappa shape index (κ3) is 4.28. The maximum atomic E-state index is 6.47. The summed E-state index contributed by atoms with van der Waals surface area (Å²) in [5, 5.41) is 5.50. The Morgan fingerprint density at radius 1 is 0.973 bits per heavy atom. The van der Waals surface area contributed by atoms with Crippen molar-refractivity contribution in [3.8, 4) is 22.1 Å². The van der Waals surface area contributed by atoms with E-state index in [9.17, 15) is 0 Å². The number of hydrogen-bond acceptors (Lipinski definition) is 6. The van der Waals surface area contributed by atoms with Gasteiger partial charge in [0.1, 0.15) is 5.75 Å². The summed E-state index contributed by atoms with van der Waals surface area (Å²) < 4.78 is 8.95. The molecule has 1 aliphatic rings. The molecular formula is C31H31N3OS2. The molecule has 0 amide bonds. The van der Waals surface area contributed by atoms with Crippen molar-refractivity contribution in [3.63, 3.8) is 0 Å². The zero-order valence-corrected chi connectivity index (χ0v) is 23.8. The average molecular weight is 526 g/mol. The van der Waals surface area contributed by atoms with Crippen LogP contribution in [0.5, 0.6) is 10.8 Å². The number of allylic oxidation sites excluding steroid dienone is 2. The molecule has 37 heavy (non-hydrogen) atoms. The summed E-state index contributed by atoms with van der Waals surface area (Å²) >= 11 is 3.47. The van der Waals surface area contributed by atoms with Crippen LogP contribution in [0.3, 0.4) is 0 Å². The van der Waals surface area contributed by atoms with E-state index in [1.54, 1.807) is 22.7 Å². The molecule has 6 rings (SSSR count). The zero-order chi connectivity index (χ0) is 25.9. The number of anilines is 1. The van der Waals surface area contributed by atoms with Gasteiger partial charge in [0.05, 0.1) is 12.4 Å². The standard InChI is InChI=1S/C31H31N3OS2/c1-19-20(2)34(18-33(19)6)23-8-7-9-24(16-23)35-28-17-25-27(37-28)14-21-11-13-36-30(21)29(25)26-15-22(10-12-32-26)31(3,4)5/h7-17H,18H2,1-6H3. The number of hydrogen-bond donors (Lipinski definition) is 0. The molecule has 1 aliphatic heterocycles. The minimum Gasteiger partial charge on any atom is -0.447 e. The third-order valence-corrected chi connectivity index (χ3v) is 9.21. The molecule has 2 aromatic carbocycles. The molecule has 4 nitrogen and oxygen atoms in total. The number of nitrogens with zero attached hydrogens (tertiary/aromatic N) is 3. The largest absolute Gasteiger partial charge is 0.447 e. The Kier molecular flexibility index (Phi) is 5.77. The Morgan fingerprint density at radius 3 is 2.57 bits per heavy atom. The van der Waals surface area contributed by atoms with Crippen molar-refractivity contribution in [1.29, 1.82) is 0 Å². The van der Waals surface area contributed by atoms with Gasteiger partial charge in [-0.3, -0.25) is 4.98 Å². The highest BCUT2D eigenvalue weighted by Gasteiger charge is 2.22. The molecule has 0 unspecified atom stereocenters. The molecule has 188 valence electrons. The molecule has 3 aromatic heterocycles. The van der Waals surface area contributed by atoms with E-state index in [4.69, 9.17) is 9.72 Å². The van der Waals surface area contributed by atoms with Gasteiger partial charge in [-0.05, 0) is 72.0 Å². The molecule has 0 aliphatic carbocycles. The van der Waals surface area contributed by atoms with Gasteiger partial charge in [0.15, 0.2) is 5.06 Å². The van der Waals surface area contributed by atoms with Gasteiger partial charge >= 0.3 is 0 Å². The summed E-state index contributed by atoms with van der Waals surface area (Å²) in [4.78, 5) is 9.42. The number of ether oxygens (including phenoxy) is 1. The summed E-state index contributed by atoms with van der Waals surface area (Å²) in [5.41, 5.74) is 7.28. The lowest BCUT2D eigenvalue weighted by Crippen LogP contribution is -2.24. The van der Waals surface area contributed by atoms with Gasteiger partial charge in [-0.15, -0.1) is 11.3 Å². The number of rotatable bonds is 4. The molecule has 0 spiro atoms. The minimum atomic E-state index is 0.0598. The first-order valence-corrected chi connectivity index (χ1v) is 14.2. The van der Waals surface area contributed by atoms with Crippen molar-refractivity contribution in [2.75, 3.05) is 18.6 Å². The number of fused-ring (bicyclic) bond motifs is 2. The molecule has 0 bridgehead atoms. The van der Waals surface area contributed by atoms with E-state index in [0.29, 0.717) is 0 Å². The quantitative estimate of drug-likeness (QED) is 0.234. The van der Waals surface area contributed by atoms with Crippen LogP contribution in [-0.2, 0) is 5.41 Å². The van der Waals surface area contributed by atoms with E-state index in [-0.39, 0.29) is 5.41 Å². The van der Waals surface area contributed by atoms with Crippen LogP contribution in [0.1, 0.15) is 40.2 Å². The lowest BCUT2D eigenvalue weighted by Gasteiger charge is -2.21. The van der Waals surface area contributed by atoms with Crippen LogP contribution in [0.2, 0.25) is 0 Å². The van der Waals surface area contributed by atoms with Crippen molar-refractivity contribution in [3.05, 3.63) is 83.1 Å². The minimum absolute atomic E-state index is 0.0598. The van der Waals surface area contributed by atoms with Gasteiger partial charge < -0.3 is 14.5 Å². The smallest absolute Gasteiger partial charge is 0.182 e. The Hall–Kier alpha value is -3.35. The summed E-state index contributed by atoms with van der Waals surface area (Å²) in [5.74, 6) is 0.847. The molecule has 6 heteroatoms. The predicted octanol–water partition coefficient (Wildman–Crippen LogP) is 9.23. The Morgan fingerprint density at radius 2 is 1.81 bits per heavy atom. The summed E-state index contributed by atoms with van der Waals surface area (Å²) in [6, 6.07) is 19.4. The molecule has 0 N–H and O–H groups in total. The average Bonchev–Trinajstić information content (AvgIpc) is 3.56. The lowest BCUT2D eigenvalue weighted by atomic mass is 9.86. The highest BCUT2D eigenvalue weighted by Crippen LogP contribution is 2.45. The van der Waals surface area contributed by atoms with Gasteiger partial charge in [0.25, 0.3) is 0 Å². The molecular weight excluding hydrogens is 494 g/mol. The Labute approximate surface area is 226 Å². The van der Waals surface area contributed by atoms with Crippen molar-refractivity contribution in [2.24, 2.45) is 0 Å². The highest BCUT2D eigenvalue weighted by atomic mass is 32.1. The van der Waals surface area contributed by atoms with Gasteiger partial charge in [-0.2, -0.15) is 0 Å². The fourth-order valence-corrected chi connectivity index (χ4v) is 6.86. The predicted molar refractivity (Wildman–Crippen MR) is 159 cm³/mol. The monoisotopic (exact) mass is 525 g/mol. The first-order chi connectivity index (χ1) is 17.7. The van der Waals surface area contributed by atoms with E-state index >= 15 is 0 Å². The van der Waals surface area contributed by atoms with Gasteiger partial charge in [-0.25, -0.2) is 0 Å². The number of benzene rings is 2. The molecule has 0 fully saturated rings. The molecule has 0 saturated heterocycles. The summed E-state index contributed by atoms with van der Waals surface area (Å²) in [6.45, 7) is 11.9. The van der Waals surface area contributed by atoms with Gasteiger partial charge in [0, 0.05) is 62.8 Å². The van der Waals surface area contributed by atoms with E-state index in [0.717, 1.165) is 28.9 Å². The third-order valence-electron chi connectivity index (χ3n) is 7.30. The maximum absolute atomic E-state index is 6.47. The number of aromatic nitrogens is 1. The Bertz CT molecular complexity index is 1670. The second kappa shape index (κ2) is 8.89. The topological polar surface area (TPSA) is 28.6 Å². The van der Waals surface area contributed by atoms with Crippen LogP contribution in [-0.4, -0.2) is 23.6 Å². The van der Waals surface area contributed by atoms with E-state index in [2.05, 4.69) is 105 Å². The van der Waals surface area contributed by atoms with Crippen LogP contribution < -0.4 is 9.64 Å². The van der Waals surface area contributed by atoms with E-state index in [1.807, 2.05) is 12.3 Å². The summed E-state index contributed by atoms with van der Waals surface area (Å²) in [7, 11) is 2.13. The highest BCUT2D eigenvalue weighted by molar-refractivity contribution is 7.21. The SMILES string of the molecule is CC1=C(C)N(c2cccc(Oc3cc4c(-c5cc(C(C)(C)C)ccn5)c5sccc5cc4s3)c2)CN1C. The van der Waals surface area contributed by atoms with Crippen molar-refractivity contribution >= 4 is 48.5 Å². The normalized spacial score (nSPS) is 14.4. The Balaban J connectivity index is 1.41. The molecule has 4 heterocycles. The first kappa shape index (κ1) is 24.0. The zero-order valence-electron chi connectivity index (χ0n) is 22.1. The fourth-order valence-electron chi connectivity index (χ4n) is 4.92. The van der Waals surface area contributed by atoms with Crippen LogP contribution in [0.15, 0.2) is 77.6 Å². The van der Waals surface area contributed by atoms with Crippen molar-refractivity contribution < 1.29 is 4.74 Å². The van der Waals surface area contributed by atoms with Gasteiger partial charge in [-0.1, -0.05) is 38.2 Å². The number of pyridine rings is 1. The summed E-state index contributed by atoms with van der Waals surface area (Å²) in [6.07, 6.45) is 1.94. The van der Waals surface area contributed by atoms with Crippen molar-refractivity contribution in [2.45, 2.75) is 40.0 Å². The second-order valence-corrected chi connectivity index (χ2v) is 12.7. The van der Waals surface area contributed by atoms with E-state index < -0.39 is 0 Å². The maximum Gasteiger partial charge on any atom is 0.182 e. The van der Waals surface area contributed by atoms with Crippen LogP contribution in [0.4, 0.5) is 5.69 Å². The van der Waals surface area contributed by atoms with E-state index in [1.165, 1.54) is 42.7 Å². The lowest BCUT2D eigenvalue weighted by molar-refractivity contribution is 0.459. The molecule has 5 aromatic rings. The van der Waals surface area contributed by atoms with Crippen molar-refractivity contribution in [1.82, 2.24) is 9.88 Å². The van der Waals surface area contributed by atoms with Gasteiger partial charge in [0.2, 0.25) is 0 Å². The first-order valence-electron chi connectivity index (χ1n) is 12.5. The van der Waals surface area contributed by atoms with Crippen LogP contribution in [0, 0.1) is 0 Å².